The van der Waals surface area contributed by atoms with Crippen LogP contribution in [-0.4, -0.2) is 48.3 Å². The molecule has 0 saturated heterocycles. The van der Waals surface area contributed by atoms with Gasteiger partial charge in [0.05, 0.1) is 0 Å². The highest BCUT2D eigenvalue weighted by Crippen LogP contribution is 2.10. The number of methoxy groups -OCH3 is 1. The molecule has 8 heteroatoms. The number of carboxylic acid groups (broad SMARTS) is 1. The maximum Gasteiger partial charge on any atom is 0.344 e. The first kappa shape index (κ1) is 20.4. The molecule has 0 spiro atoms. The molecular weight excluding hydrogens is 429 g/mol. The number of hydrogen-bond donors (Lipinski definition) is 2. The van der Waals surface area contributed by atoms with Crippen molar-refractivity contribution in [2.24, 2.45) is 0 Å². The van der Waals surface area contributed by atoms with E-state index in [1.807, 2.05) is 24.3 Å². The van der Waals surface area contributed by atoms with Crippen LogP contribution in [0.5, 0.6) is 0 Å². The minimum absolute atomic E-state index is 0.185. The van der Waals surface area contributed by atoms with Crippen LogP contribution in [0.2, 0.25) is 0 Å². The zero-order valence-electron chi connectivity index (χ0n) is 13.6. The fourth-order valence-corrected chi connectivity index (χ4v) is 2.11. The van der Waals surface area contributed by atoms with Crippen LogP contribution in [0.15, 0.2) is 24.3 Å². The first-order valence-corrected chi connectivity index (χ1v) is 8.33. The van der Waals surface area contributed by atoms with Crippen molar-refractivity contribution < 1.29 is 29.0 Å². The first-order valence-electron chi connectivity index (χ1n) is 7.25. The van der Waals surface area contributed by atoms with Crippen LogP contribution in [0.4, 0.5) is 0 Å². The van der Waals surface area contributed by atoms with Gasteiger partial charge in [0.25, 0.3) is 0 Å². The first-order chi connectivity index (χ1) is 11.2. The number of carboxylic acids is 1. The molecule has 132 valence electrons. The van der Waals surface area contributed by atoms with Gasteiger partial charge >= 0.3 is 11.9 Å². The number of benzene rings is 1. The highest BCUT2D eigenvalue weighted by atomic mass is 127. The fourth-order valence-electron chi connectivity index (χ4n) is 1.75. The molecule has 0 aromatic heterocycles. The van der Waals surface area contributed by atoms with Crippen molar-refractivity contribution in [2.45, 2.75) is 38.5 Å². The summed E-state index contributed by atoms with van der Waals surface area (Å²) >= 11 is 2.16. The Morgan fingerprint density at radius 2 is 1.75 bits per heavy atom. The number of carbonyl (C=O) groups excluding carboxylic acids is 2. The molecule has 1 aromatic carbocycles. The summed E-state index contributed by atoms with van der Waals surface area (Å²) in [6.45, 7) is 2.80. The van der Waals surface area contributed by atoms with E-state index in [0.717, 1.165) is 9.13 Å². The number of ether oxygens (including phenoxy) is 2. The lowest BCUT2D eigenvalue weighted by Gasteiger charge is -2.21. The van der Waals surface area contributed by atoms with Crippen LogP contribution >= 0.6 is 22.6 Å². The van der Waals surface area contributed by atoms with Crippen LogP contribution in [-0.2, 0) is 30.3 Å². The van der Waals surface area contributed by atoms with Gasteiger partial charge < -0.3 is 19.9 Å². The van der Waals surface area contributed by atoms with Crippen LogP contribution in [0.1, 0.15) is 19.4 Å². The average molecular weight is 449 g/mol. The zero-order valence-corrected chi connectivity index (χ0v) is 15.8. The Hall–Kier alpha value is -1.68. The summed E-state index contributed by atoms with van der Waals surface area (Å²) in [4.78, 5) is 35.1. The third kappa shape index (κ3) is 6.44. The molecule has 0 heterocycles. The second-order valence-corrected chi connectivity index (χ2v) is 6.43. The number of rotatable bonds is 8. The number of nitrogens with one attached hydrogen (secondary N) is 1. The quantitative estimate of drug-likeness (QED) is 0.459. The Labute approximate surface area is 153 Å². The van der Waals surface area contributed by atoms with Crippen molar-refractivity contribution in [1.29, 1.82) is 0 Å². The van der Waals surface area contributed by atoms with Crippen molar-refractivity contribution >= 4 is 40.4 Å². The average Bonchev–Trinajstić information content (AvgIpc) is 2.54. The molecule has 1 aromatic rings. The SMILES string of the molecule is CO[C@H](C)C(=O)N[C@@H](Cc1ccc(I)cc1)C(=O)O[C@H](C)C(=O)O. The largest absolute Gasteiger partial charge is 0.479 e. The summed E-state index contributed by atoms with van der Waals surface area (Å²) in [5.41, 5.74) is 0.811. The molecule has 0 bridgehead atoms. The number of amides is 1. The van der Waals surface area contributed by atoms with Crippen LogP contribution in [0.25, 0.3) is 0 Å². The molecule has 1 amide bonds. The molecule has 0 saturated carbocycles. The van der Waals surface area contributed by atoms with Crippen LogP contribution in [0, 0.1) is 3.57 Å². The van der Waals surface area contributed by atoms with E-state index in [1.54, 1.807) is 6.92 Å². The molecule has 2 N–H and O–H groups in total. The van der Waals surface area contributed by atoms with E-state index in [2.05, 4.69) is 27.9 Å². The highest BCUT2D eigenvalue weighted by molar-refractivity contribution is 14.1. The van der Waals surface area contributed by atoms with Crippen LogP contribution in [0.3, 0.4) is 0 Å². The Bertz CT molecular complexity index is 589. The van der Waals surface area contributed by atoms with E-state index in [-0.39, 0.29) is 6.42 Å². The maximum absolute atomic E-state index is 12.2. The molecule has 0 aliphatic carbocycles. The van der Waals surface area contributed by atoms with Gasteiger partial charge in [-0.2, -0.15) is 0 Å². The molecular formula is C16H20INO6. The molecule has 24 heavy (non-hydrogen) atoms. The molecule has 0 aliphatic heterocycles. The van der Waals surface area contributed by atoms with Gasteiger partial charge in [0.1, 0.15) is 12.1 Å². The lowest BCUT2D eigenvalue weighted by molar-refractivity contribution is -0.164. The Morgan fingerprint density at radius 3 is 2.25 bits per heavy atom. The summed E-state index contributed by atoms with van der Waals surface area (Å²) in [5, 5.41) is 11.4. The standard InChI is InChI=1S/C16H20INO6/c1-9(23-3)14(19)18-13(16(22)24-10(2)15(20)21)8-11-4-6-12(17)7-5-11/h4-7,9-10,13H,8H2,1-3H3,(H,18,19)(H,20,21)/t9-,10-,13+/m1/s1. The van der Waals surface area contributed by atoms with Gasteiger partial charge in [-0.05, 0) is 54.1 Å². The topological polar surface area (TPSA) is 102 Å². The molecule has 0 aliphatic rings. The van der Waals surface area contributed by atoms with E-state index in [4.69, 9.17) is 14.6 Å². The van der Waals surface area contributed by atoms with Crippen LogP contribution < -0.4 is 5.32 Å². The molecule has 7 nitrogen and oxygen atoms in total. The van der Waals surface area contributed by atoms with Gasteiger partial charge in [-0.1, -0.05) is 12.1 Å². The second kappa shape index (κ2) is 9.58. The van der Waals surface area contributed by atoms with Crippen molar-refractivity contribution in [3.8, 4) is 0 Å². The number of carbonyl (C=O) groups is 3. The summed E-state index contributed by atoms with van der Waals surface area (Å²) in [7, 11) is 1.38. The van der Waals surface area contributed by atoms with E-state index >= 15 is 0 Å². The lowest BCUT2D eigenvalue weighted by atomic mass is 10.1. The van der Waals surface area contributed by atoms with Crippen molar-refractivity contribution in [3.05, 3.63) is 33.4 Å². The molecule has 1 rings (SSSR count). The monoisotopic (exact) mass is 449 g/mol. The summed E-state index contributed by atoms with van der Waals surface area (Å²) in [6, 6.07) is 6.40. The molecule has 0 unspecified atom stereocenters. The normalized spacial score (nSPS) is 14.3. The minimum Gasteiger partial charge on any atom is -0.479 e. The lowest BCUT2D eigenvalue weighted by Crippen LogP contribution is -2.48. The van der Waals surface area contributed by atoms with Gasteiger partial charge in [0.15, 0.2) is 6.10 Å². The number of aliphatic carboxylic acids is 1. The third-order valence-electron chi connectivity index (χ3n) is 3.32. The van der Waals surface area contributed by atoms with Gasteiger partial charge in [0.2, 0.25) is 5.91 Å². The van der Waals surface area contributed by atoms with Crippen molar-refractivity contribution in [2.75, 3.05) is 7.11 Å². The summed E-state index contributed by atoms with van der Waals surface area (Å²) in [6.07, 6.45) is -1.85. The van der Waals surface area contributed by atoms with E-state index in [0.29, 0.717) is 0 Å². The maximum atomic E-state index is 12.2. The summed E-state index contributed by atoms with van der Waals surface area (Å²) < 4.78 is 10.8. The predicted molar refractivity (Wildman–Crippen MR) is 94.5 cm³/mol. The minimum atomic E-state index is -1.30. The highest BCUT2D eigenvalue weighted by Gasteiger charge is 2.28. The predicted octanol–water partition coefficient (Wildman–Crippen LogP) is 1.37. The second-order valence-electron chi connectivity index (χ2n) is 5.19. The van der Waals surface area contributed by atoms with Gasteiger partial charge in [-0.3, -0.25) is 4.79 Å². The molecule has 0 fully saturated rings. The van der Waals surface area contributed by atoms with Crippen molar-refractivity contribution in [3.63, 3.8) is 0 Å². The number of esters is 1. The molecule has 0 radical (unpaired) electrons. The molecule has 3 atom stereocenters. The van der Waals surface area contributed by atoms with Crippen molar-refractivity contribution in [1.82, 2.24) is 5.32 Å². The van der Waals surface area contributed by atoms with Gasteiger partial charge in [-0.25, -0.2) is 9.59 Å². The third-order valence-corrected chi connectivity index (χ3v) is 4.04. The van der Waals surface area contributed by atoms with E-state index in [9.17, 15) is 14.4 Å². The Balaban J connectivity index is 2.89. The van der Waals surface area contributed by atoms with Gasteiger partial charge in [-0.15, -0.1) is 0 Å². The Morgan fingerprint density at radius 1 is 1.17 bits per heavy atom. The number of hydrogen-bond acceptors (Lipinski definition) is 5. The van der Waals surface area contributed by atoms with E-state index < -0.39 is 36.1 Å². The number of halogens is 1. The zero-order chi connectivity index (χ0) is 18.3. The van der Waals surface area contributed by atoms with Gasteiger partial charge in [0, 0.05) is 17.1 Å². The van der Waals surface area contributed by atoms with E-state index in [1.165, 1.54) is 14.0 Å². The summed E-state index contributed by atoms with van der Waals surface area (Å²) in [5.74, 6) is -2.54. The smallest absolute Gasteiger partial charge is 0.344 e. The Kier molecular flexibility index (Phi) is 8.13. The fraction of sp³-hybridized carbons (Fsp3) is 0.438.